The van der Waals surface area contributed by atoms with E-state index in [1.807, 2.05) is 7.05 Å². The van der Waals surface area contributed by atoms with Gasteiger partial charge in [0.15, 0.2) is 0 Å². The van der Waals surface area contributed by atoms with Crippen molar-refractivity contribution in [2.75, 3.05) is 32.0 Å². The number of halogens is 3. The molecule has 4 nitrogen and oxygen atoms in total. The predicted molar refractivity (Wildman–Crippen MR) is 81.2 cm³/mol. The number of hydrogen-bond acceptors (Lipinski definition) is 2. The van der Waals surface area contributed by atoms with E-state index in [0.717, 1.165) is 32.0 Å². The Kier molecular flexibility index (Phi) is 4.23. The lowest BCUT2D eigenvalue weighted by Gasteiger charge is -2.36. The van der Waals surface area contributed by atoms with Crippen molar-refractivity contribution >= 4 is 11.7 Å². The Labute approximate surface area is 133 Å². The molecule has 0 radical (unpaired) electrons. The highest BCUT2D eigenvalue weighted by Gasteiger charge is 2.40. The Morgan fingerprint density at radius 3 is 2.65 bits per heavy atom. The van der Waals surface area contributed by atoms with Crippen molar-refractivity contribution in [2.45, 2.75) is 25.1 Å². The lowest BCUT2D eigenvalue weighted by molar-refractivity contribution is -0.136. The minimum absolute atomic E-state index is 0.0896. The second-order valence-electron chi connectivity index (χ2n) is 6.33. The first-order valence-corrected chi connectivity index (χ1v) is 7.78. The van der Waals surface area contributed by atoms with Gasteiger partial charge in [-0.3, -0.25) is 0 Å². The number of urea groups is 1. The largest absolute Gasteiger partial charge is 0.418 e. The molecule has 23 heavy (non-hydrogen) atoms. The van der Waals surface area contributed by atoms with Crippen molar-refractivity contribution in [1.82, 2.24) is 9.80 Å². The van der Waals surface area contributed by atoms with Crippen LogP contribution in [0.4, 0.5) is 23.7 Å². The summed E-state index contributed by atoms with van der Waals surface area (Å²) in [4.78, 5) is 16.3. The van der Waals surface area contributed by atoms with Gasteiger partial charge < -0.3 is 15.1 Å². The van der Waals surface area contributed by atoms with Gasteiger partial charge in [0.25, 0.3) is 0 Å². The maximum atomic E-state index is 13.0. The van der Waals surface area contributed by atoms with Gasteiger partial charge in [-0.1, -0.05) is 12.1 Å². The fourth-order valence-electron chi connectivity index (χ4n) is 3.58. The van der Waals surface area contributed by atoms with Crippen molar-refractivity contribution in [2.24, 2.45) is 5.92 Å². The number of carbonyl (C=O) groups excluding carboxylic acids is 1. The average molecular weight is 327 g/mol. The molecular weight excluding hydrogens is 307 g/mol. The van der Waals surface area contributed by atoms with Crippen LogP contribution in [-0.2, 0) is 6.18 Å². The van der Waals surface area contributed by atoms with E-state index >= 15 is 0 Å². The third-order valence-electron chi connectivity index (χ3n) is 4.80. The molecule has 1 aromatic carbocycles. The summed E-state index contributed by atoms with van der Waals surface area (Å²) in [5.74, 6) is 0.454. The van der Waals surface area contributed by atoms with Gasteiger partial charge in [0.2, 0.25) is 0 Å². The molecule has 2 heterocycles. The Bertz CT molecular complexity index is 590. The van der Waals surface area contributed by atoms with Crippen LogP contribution >= 0.6 is 0 Å². The third-order valence-corrected chi connectivity index (χ3v) is 4.80. The molecule has 0 unspecified atom stereocenters. The third kappa shape index (κ3) is 3.29. The smallest absolute Gasteiger partial charge is 0.320 e. The van der Waals surface area contributed by atoms with E-state index in [0.29, 0.717) is 12.5 Å². The van der Waals surface area contributed by atoms with E-state index in [1.165, 1.54) is 18.2 Å². The number of nitrogens with one attached hydrogen (secondary N) is 1. The van der Waals surface area contributed by atoms with Crippen LogP contribution in [0, 0.1) is 5.92 Å². The Hall–Kier alpha value is -1.76. The van der Waals surface area contributed by atoms with Crippen LogP contribution in [0.1, 0.15) is 18.4 Å². The first kappa shape index (κ1) is 16.1. The number of hydrogen-bond donors (Lipinski definition) is 1. The first-order valence-electron chi connectivity index (χ1n) is 7.78. The number of anilines is 1. The molecular formula is C16H20F3N3O. The number of likely N-dealkylation sites (tertiary alicyclic amines) is 2. The number of para-hydroxylation sites is 1. The molecule has 0 spiro atoms. The number of carbonyl (C=O) groups is 1. The molecule has 0 saturated carbocycles. The summed E-state index contributed by atoms with van der Waals surface area (Å²) in [5.41, 5.74) is -0.998. The zero-order valence-electron chi connectivity index (χ0n) is 12.9. The SMILES string of the molecule is CN1CC[C@@H]2CCN(C(=O)Nc3ccccc3C(F)(F)F)[C@H]2C1. The highest BCUT2D eigenvalue weighted by atomic mass is 19.4. The van der Waals surface area contributed by atoms with Crippen molar-refractivity contribution < 1.29 is 18.0 Å². The van der Waals surface area contributed by atoms with Crippen LogP contribution in [-0.4, -0.2) is 48.6 Å². The maximum Gasteiger partial charge on any atom is 0.418 e. The second kappa shape index (κ2) is 6.03. The number of likely N-dealkylation sites (N-methyl/N-ethyl adjacent to an activating group) is 1. The molecule has 1 N–H and O–H groups in total. The van der Waals surface area contributed by atoms with E-state index in [9.17, 15) is 18.0 Å². The summed E-state index contributed by atoms with van der Waals surface area (Å²) in [6.07, 6.45) is -2.53. The number of benzene rings is 1. The van der Waals surface area contributed by atoms with Crippen molar-refractivity contribution in [3.8, 4) is 0 Å². The highest BCUT2D eigenvalue weighted by Crippen LogP contribution is 2.36. The van der Waals surface area contributed by atoms with E-state index in [4.69, 9.17) is 0 Å². The van der Waals surface area contributed by atoms with Crippen molar-refractivity contribution in [3.05, 3.63) is 29.8 Å². The summed E-state index contributed by atoms with van der Waals surface area (Å²) >= 11 is 0. The number of amides is 2. The lowest BCUT2D eigenvalue weighted by atomic mass is 9.92. The van der Waals surface area contributed by atoms with Crippen LogP contribution in [0.25, 0.3) is 0 Å². The molecule has 126 valence electrons. The van der Waals surface area contributed by atoms with Crippen LogP contribution < -0.4 is 5.32 Å². The fourth-order valence-corrected chi connectivity index (χ4v) is 3.58. The number of fused-ring (bicyclic) bond motifs is 1. The summed E-state index contributed by atoms with van der Waals surface area (Å²) in [5, 5.41) is 2.46. The molecule has 0 aliphatic carbocycles. The highest BCUT2D eigenvalue weighted by molar-refractivity contribution is 5.90. The quantitative estimate of drug-likeness (QED) is 0.859. The molecule has 2 atom stereocenters. The second-order valence-corrected chi connectivity index (χ2v) is 6.33. The number of piperidine rings is 1. The van der Waals surface area contributed by atoms with Gasteiger partial charge >= 0.3 is 12.2 Å². The first-order chi connectivity index (χ1) is 10.9. The molecule has 1 aromatic rings. The molecule has 2 amide bonds. The number of alkyl halides is 3. The van der Waals surface area contributed by atoms with Gasteiger partial charge in [0.05, 0.1) is 11.3 Å². The zero-order valence-corrected chi connectivity index (χ0v) is 12.9. The van der Waals surface area contributed by atoms with Crippen molar-refractivity contribution in [1.29, 1.82) is 0 Å². The van der Waals surface area contributed by atoms with Gasteiger partial charge in [-0.15, -0.1) is 0 Å². The van der Waals surface area contributed by atoms with Gasteiger partial charge in [-0.05, 0) is 44.5 Å². The van der Waals surface area contributed by atoms with Crippen molar-refractivity contribution in [3.63, 3.8) is 0 Å². The minimum Gasteiger partial charge on any atom is -0.320 e. The molecule has 2 fully saturated rings. The average Bonchev–Trinajstić information content (AvgIpc) is 2.89. The van der Waals surface area contributed by atoms with Crippen LogP contribution in [0.2, 0.25) is 0 Å². The molecule has 2 aliphatic rings. The van der Waals surface area contributed by atoms with Gasteiger partial charge in [-0.2, -0.15) is 13.2 Å². The van der Waals surface area contributed by atoms with E-state index in [-0.39, 0.29) is 11.7 Å². The molecule has 2 saturated heterocycles. The summed E-state index contributed by atoms with van der Waals surface area (Å²) in [6.45, 7) is 2.38. The Morgan fingerprint density at radius 1 is 1.22 bits per heavy atom. The zero-order chi connectivity index (χ0) is 16.6. The summed E-state index contributed by atoms with van der Waals surface area (Å²) in [7, 11) is 2.00. The monoisotopic (exact) mass is 327 g/mol. The van der Waals surface area contributed by atoms with E-state index in [2.05, 4.69) is 10.2 Å². The van der Waals surface area contributed by atoms with Gasteiger partial charge in [0, 0.05) is 19.1 Å². The standard InChI is InChI=1S/C16H20F3N3O/c1-21-8-6-11-7-9-22(14(11)10-21)15(23)20-13-5-3-2-4-12(13)16(17,18)19/h2-5,11,14H,6-10H2,1H3,(H,20,23)/t11-,14+/m1/s1. The number of nitrogens with zero attached hydrogens (tertiary/aromatic N) is 2. The van der Waals surface area contributed by atoms with Gasteiger partial charge in [-0.25, -0.2) is 4.79 Å². The van der Waals surface area contributed by atoms with Crippen LogP contribution in [0.15, 0.2) is 24.3 Å². The Morgan fingerprint density at radius 2 is 1.91 bits per heavy atom. The lowest BCUT2D eigenvalue weighted by Crippen LogP contribution is -2.49. The van der Waals surface area contributed by atoms with Crippen LogP contribution in [0.3, 0.4) is 0 Å². The predicted octanol–water partition coefficient (Wildman–Crippen LogP) is 3.26. The fraction of sp³-hybridized carbons (Fsp3) is 0.562. The molecule has 7 heteroatoms. The van der Waals surface area contributed by atoms with E-state index < -0.39 is 17.8 Å². The Balaban J connectivity index is 1.75. The van der Waals surface area contributed by atoms with E-state index in [1.54, 1.807) is 4.90 Å². The normalized spacial score (nSPS) is 25.3. The summed E-state index contributed by atoms with van der Waals surface area (Å²) in [6, 6.07) is 4.74. The molecule has 2 aliphatic heterocycles. The summed E-state index contributed by atoms with van der Waals surface area (Å²) < 4.78 is 39.1. The van der Waals surface area contributed by atoms with Gasteiger partial charge in [0.1, 0.15) is 0 Å². The molecule has 0 aromatic heterocycles. The molecule has 3 rings (SSSR count). The van der Waals surface area contributed by atoms with Crippen LogP contribution in [0.5, 0.6) is 0 Å². The maximum absolute atomic E-state index is 13.0. The minimum atomic E-state index is -4.48. The number of rotatable bonds is 1. The molecule has 0 bridgehead atoms. The topological polar surface area (TPSA) is 35.6 Å².